The highest BCUT2D eigenvalue weighted by atomic mass is 32.2. The van der Waals surface area contributed by atoms with Gasteiger partial charge in [0.25, 0.3) is 10.0 Å². The van der Waals surface area contributed by atoms with Crippen LogP contribution in [-0.4, -0.2) is 22.1 Å². The summed E-state index contributed by atoms with van der Waals surface area (Å²) >= 11 is 0. The fraction of sp³-hybridized carbons (Fsp3) is 0.200. The van der Waals surface area contributed by atoms with E-state index < -0.39 is 10.0 Å². The van der Waals surface area contributed by atoms with E-state index in [1.807, 2.05) is 24.3 Å². The van der Waals surface area contributed by atoms with Crippen molar-refractivity contribution in [3.63, 3.8) is 0 Å². The van der Waals surface area contributed by atoms with Crippen molar-refractivity contribution in [3.8, 4) is 5.75 Å². The van der Waals surface area contributed by atoms with Crippen LogP contribution in [0.15, 0.2) is 53.4 Å². The monoisotopic (exact) mass is 289 g/mol. The predicted molar refractivity (Wildman–Crippen MR) is 77.7 cm³/mol. The van der Waals surface area contributed by atoms with Gasteiger partial charge in [-0.15, -0.1) is 0 Å². The molecule has 0 spiro atoms. The third-order valence-electron chi connectivity index (χ3n) is 3.49. The van der Waals surface area contributed by atoms with Crippen LogP contribution in [0.25, 0.3) is 0 Å². The number of sulfonamides is 1. The van der Waals surface area contributed by atoms with Crippen LogP contribution in [0.3, 0.4) is 0 Å². The SMILES string of the molecule is COc1ccc(S(=O)(=O)N2CCc3ccccc32)cc1. The van der Waals surface area contributed by atoms with E-state index in [1.165, 1.54) is 4.31 Å². The highest BCUT2D eigenvalue weighted by Crippen LogP contribution is 2.32. The van der Waals surface area contributed by atoms with Crippen LogP contribution in [0.4, 0.5) is 5.69 Å². The molecule has 104 valence electrons. The molecule has 0 amide bonds. The summed E-state index contributed by atoms with van der Waals surface area (Å²) in [7, 11) is -1.94. The second kappa shape index (κ2) is 4.83. The summed E-state index contributed by atoms with van der Waals surface area (Å²) in [6, 6.07) is 14.1. The Balaban J connectivity index is 2.00. The zero-order valence-electron chi connectivity index (χ0n) is 11.1. The van der Waals surface area contributed by atoms with E-state index in [9.17, 15) is 8.42 Å². The Kier molecular flexibility index (Phi) is 3.14. The predicted octanol–water partition coefficient (Wildman–Crippen LogP) is 2.45. The standard InChI is InChI=1S/C15H15NO3S/c1-19-13-6-8-14(9-7-13)20(17,18)16-11-10-12-4-2-3-5-15(12)16/h2-9H,10-11H2,1H3. The lowest BCUT2D eigenvalue weighted by molar-refractivity contribution is 0.414. The minimum atomic E-state index is -3.50. The number of hydrogen-bond acceptors (Lipinski definition) is 3. The molecule has 1 aliphatic heterocycles. The van der Waals surface area contributed by atoms with Gasteiger partial charge in [-0.25, -0.2) is 8.42 Å². The minimum Gasteiger partial charge on any atom is -0.497 e. The number of anilines is 1. The lowest BCUT2D eigenvalue weighted by Crippen LogP contribution is -2.29. The fourth-order valence-corrected chi connectivity index (χ4v) is 3.94. The quantitative estimate of drug-likeness (QED) is 0.872. The maximum absolute atomic E-state index is 12.7. The number of fused-ring (bicyclic) bond motifs is 1. The van der Waals surface area contributed by atoms with Gasteiger partial charge in [0.05, 0.1) is 17.7 Å². The van der Waals surface area contributed by atoms with Gasteiger partial charge in [0.2, 0.25) is 0 Å². The largest absolute Gasteiger partial charge is 0.497 e. The number of rotatable bonds is 3. The van der Waals surface area contributed by atoms with E-state index in [0.29, 0.717) is 12.3 Å². The molecule has 0 N–H and O–H groups in total. The first-order valence-electron chi connectivity index (χ1n) is 6.37. The van der Waals surface area contributed by atoms with Crippen LogP contribution >= 0.6 is 0 Å². The van der Waals surface area contributed by atoms with Crippen molar-refractivity contribution in [2.75, 3.05) is 18.0 Å². The molecule has 0 bridgehead atoms. The van der Waals surface area contributed by atoms with Gasteiger partial charge in [-0.2, -0.15) is 0 Å². The van der Waals surface area contributed by atoms with Gasteiger partial charge in [0.15, 0.2) is 0 Å². The zero-order valence-corrected chi connectivity index (χ0v) is 11.9. The van der Waals surface area contributed by atoms with Gasteiger partial charge >= 0.3 is 0 Å². The Morgan fingerprint density at radius 2 is 1.75 bits per heavy atom. The molecule has 0 unspecified atom stereocenters. The summed E-state index contributed by atoms with van der Waals surface area (Å²) in [5.41, 5.74) is 1.85. The third-order valence-corrected chi connectivity index (χ3v) is 5.32. The molecular weight excluding hydrogens is 274 g/mol. The summed E-state index contributed by atoms with van der Waals surface area (Å²) in [5.74, 6) is 0.644. The van der Waals surface area contributed by atoms with Gasteiger partial charge in [0.1, 0.15) is 5.75 Å². The van der Waals surface area contributed by atoms with Crippen molar-refractivity contribution in [2.45, 2.75) is 11.3 Å². The molecule has 2 aromatic rings. The number of nitrogens with zero attached hydrogens (tertiary/aromatic N) is 1. The Labute approximate surface area is 118 Å². The summed E-state index contributed by atoms with van der Waals surface area (Å²) in [6.07, 6.45) is 0.756. The first kappa shape index (κ1) is 13.0. The summed E-state index contributed by atoms with van der Waals surface area (Å²) in [6.45, 7) is 0.494. The van der Waals surface area contributed by atoms with Crippen molar-refractivity contribution in [3.05, 3.63) is 54.1 Å². The van der Waals surface area contributed by atoms with Gasteiger partial charge in [-0.1, -0.05) is 18.2 Å². The normalized spacial score (nSPS) is 14.2. The molecule has 0 saturated carbocycles. The number of methoxy groups -OCH3 is 1. The molecule has 0 aliphatic carbocycles. The van der Waals surface area contributed by atoms with Crippen molar-refractivity contribution in [1.82, 2.24) is 0 Å². The highest BCUT2D eigenvalue weighted by molar-refractivity contribution is 7.92. The van der Waals surface area contributed by atoms with Crippen LogP contribution in [0.2, 0.25) is 0 Å². The molecule has 0 fully saturated rings. The van der Waals surface area contributed by atoms with E-state index >= 15 is 0 Å². The smallest absolute Gasteiger partial charge is 0.264 e. The second-order valence-corrected chi connectivity index (χ2v) is 6.49. The number of ether oxygens (including phenoxy) is 1. The fourth-order valence-electron chi connectivity index (χ4n) is 2.43. The molecule has 1 aliphatic rings. The van der Waals surface area contributed by atoms with Crippen LogP contribution < -0.4 is 9.04 Å². The summed E-state index contributed by atoms with van der Waals surface area (Å²) in [5, 5.41) is 0. The number of benzene rings is 2. The molecule has 4 nitrogen and oxygen atoms in total. The van der Waals surface area contributed by atoms with Crippen molar-refractivity contribution in [1.29, 1.82) is 0 Å². The summed E-state index contributed by atoms with van der Waals surface area (Å²) < 4.78 is 31.9. The maximum Gasteiger partial charge on any atom is 0.264 e. The Hall–Kier alpha value is -2.01. The molecule has 5 heteroatoms. The highest BCUT2D eigenvalue weighted by Gasteiger charge is 2.30. The molecule has 2 aromatic carbocycles. The van der Waals surface area contributed by atoms with E-state index in [0.717, 1.165) is 17.7 Å². The molecule has 0 atom stereocenters. The third kappa shape index (κ3) is 2.04. The van der Waals surface area contributed by atoms with E-state index in [2.05, 4.69) is 0 Å². The van der Waals surface area contributed by atoms with E-state index in [4.69, 9.17) is 4.74 Å². The minimum absolute atomic E-state index is 0.287. The Morgan fingerprint density at radius 1 is 1.05 bits per heavy atom. The van der Waals surface area contributed by atoms with Crippen molar-refractivity contribution < 1.29 is 13.2 Å². The van der Waals surface area contributed by atoms with Crippen LogP contribution in [-0.2, 0) is 16.4 Å². The molecular formula is C15H15NO3S. The molecule has 3 rings (SSSR count). The van der Waals surface area contributed by atoms with Crippen LogP contribution in [0, 0.1) is 0 Å². The molecule has 1 heterocycles. The van der Waals surface area contributed by atoms with E-state index in [1.54, 1.807) is 31.4 Å². The van der Waals surface area contributed by atoms with Crippen LogP contribution in [0.1, 0.15) is 5.56 Å². The maximum atomic E-state index is 12.7. The average Bonchev–Trinajstić information content (AvgIpc) is 2.92. The number of para-hydroxylation sites is 1. The van der Waals surface area contributed by atoms with E-state index in [-0.39, 0.29) is 4.90 Å². The van der Waals surface area contributed by atoms with Gasteiger partial charge in [-0.05, 0) is 42.3 Å². The topological polar surface area (TPSA) is 46.6 Å². The second-order valence-electron chi connectivity index (χ2n) is 4.63. The van der Waals surface area contributed by atoms with Crippen molar-refractivity contribution >= 4 is 15.7 Å². The Morgan fingerprint density at radius 3 is 2.45 bits per heavy atom. The van der Waals surface area contributed by atoms with Gasteiger partial charge < -0.3 is 4.74 Å². The zero-order chi connectivity index (χ0) is 14.2. The molecule has 0 saturated heterocycles. The molecule has 0 aromatic heterocycles. The van der Waals surface area contributed by atoms with Gasteiger partial charge in [-0.3, -0.25) is 4.31 Å². The first-order chi connectivity index (χ1) is 9.63. The first-order valence-corrected chi connectivity index (χ1v) is 7.81. The molecule has 0 radical (unpaired) electrons. The number of hydrogen-bond donors (Lipinski definition) is 0. The Bertz CT molecular complexity index is 723. The summed E-state index contributed by atoms with van der Waals surface area (Å²) in [4.78, 5) is 0.287. The molecule has 20 heavy (non-hydrogen) atoms. The average molecular weight is 289 g/mol. The van der Waals surface area contributed by atoms with Crippen LogP contribution in [0.5, 0.6) is 5.75 Å². The van der Waals surface area contributed by atoms with Crippen molar-refractivity contribution in [2.24, 2.45) is 0 Å². The lowest BCUT2D eigenvalue weighted by Gasteiger charge is -2.19. The van der Waals surface area contributed by atoms with Gasteiger partial charge in [0, 0.05) is 6.54 Å². The lowest BCUT2D eigenvalue weighted by atomic mass is 10.2.